The third-order valence-corrected chi connectivity index (χ3v) is 3.79. The number of nitrogens with one attached hydrogen (secondary N) is 2. The van der Waals surface area contributed by atoms with Crippen LogP contribution in [0.4, 0.5) is 0 Å². The lowest BCUT2D eigenvalue weighted by atomic mass is 10.1. The maximum absolute atomic E-state index is 5.37. The van der Waals surface area contributed by atoms with Crippen molar-refractivity contribution in [3.63, 3.8) is 0 Å². The van der Waals surface area contributed by atoms with Gasteiger partial charge in [-0.05, 0) is 19.4 Å². The van der Waals surface area contributed by atoms with Gasteiger partial charge in [0.1, 0.15) is 0 Å². The van der Waals surface area contributed by atoms with Gasteiger partial charge in [0.2, 0.25) is 0 Å². The number of benzene rings is 1. The van der Waals surface area contributed by atoms with Gasteiger partial charge in [-0.3, -0.25) is 9.89 Å². The average Bonchev–Trinajstić information content (AvgIpc) is 2.57. The van der Waals surface area contributed by atoms with Crippen molar-refractivity contribution in [2.24, 2.45) is 4.99 Å². The lowest BCUT2D eigenvalue weighted by Crippen LogP contribution is -2.40. The summed E-state index contributed by atoms with van der Waals surface area (Å²) >= 11 is 0. The topological polar surface area (TPSA) is 48.9 Å². The zero-order chi connectivity index (χ0) is 15.6. The average molecular weight is 304 g/mol. The zero-order valence-corrected chi connectivity index (χ0v) is 13.7. The molecule has 1 fully saturated rings. The molecule has 22 heavy (non-hydrogen) atoms. The van der Waals surface area contributed by atoms with Crippen molar-refractivity contribution in [1.82, 2.24) is 15.5 Å². The highest BCUT2D eigenvalue weighted by Gasteiger charge is 2.10. The van der Waals surface area contributed by atoms with Gasteiger partial charge in [0, 0.05) is 26.2 Å². The van der Waals surface area contributed by atoms with Gasteiger partial charge in [-0.25, -0.2) is 0 Å². The van der Waals surface area contributed by atoms with Crippen LogP contribution in [0.5, 0.6) is 0 Å². The minimum atomic E-state index is 0.238. The van der Waals surface area contributed by atoms with E-state index in [1.54, 1.807) is 0 Å². The van der Waals surface area contributed by atoms with E-state index in [1.807, 2.05) is 6.07 Å². The highest BCUT2D eigenvalue weighted by Crippen LogP contribution is 2.10. The normalized spacial score (nSPS) is 18.0. The van der Waals surface area contributed by atoms with Gasteiger partial charge < -0.3 is 15.4 Å². The summed E-state index contributed by atoms with van der Waals surface area (Å²) in [4.78, 5) is 7.08. The number of rotatable bonds is 6. The number of morpholine rings is 1. The van der Waals surface area contributed by atoms with Crippen molar-refractivity contribution in [3.05, 3.63) is 35.9 Å². The lowest BCUT2D eigenvalue weighted by Gasteiger charge is -2.26. The molecule has 0 saturated carbocycles. The van der Waals surface area contributed by atoms with Gasteiger partial charge in [0.05, 0.1) is 25.8 Å². The van der Waals surface area contributed by atoms with Crippen molar-refractivity contribution in [2.45, 2.75) is 19.9 Å². The molecule has 0 bridgehead atoms. The predicted molar refractivity (Wildman–Crippen MR) is 91.2 cm³/mol. The largest absolute Gasteiger partial charge is 0.379 e. The molecular weight excluding hydrogens is 276 g/mol. The number of nitrogens with zero attached hydrogens (tertiary/aromatic N) is 2. The summed E-state index contributed by atoms with van der Waals surface area (Å²) < 4.78 is 5.37. The molecule has 0 aromatic heterocycles. The molecule has 5 heteroatoms. The Balaban J connectivity index is 1.83. The van der Waals surface area contributed by atoms with Crippen molar-refractivity contribution >= 4 is 5.96 Å². The van der Waals surface area contributed by atoms with Crippen LogP contribution in [0.25, 0.3) is 0 Å². The summed E-state index contributed by atoms with van der Waals surface area (Å²) in [5.74, 6) is 0.882. The van der Waals surface area contributed by atoms with E-state index in [1.165, 1.54) is 5.56 Å². The second kappa shape index (κ2) is 9.43. The fraction of sp³-hybridized carbons (Fsp3) is 0.588. The fourth-order valence-corrected chi connectivity index (χ4v) is 2.48. The molecule has 5 nitrogen and oxygen atoms in total. The summed E-state index contributed by atoms with van der Waals surface area (Å²) in [7, 11) is 0. The Labute approximate surface area is 133 Å². The third kappa shape index (κ3) is 5.66. The molecule has 1 aromatic rings. The standard InChI is InChI=1S/C17H28N4O/c1-3-18-17(19-9-10-21-11-13-22-14-12-21)20-15(2)16-7-5-4-6-8-16/h4-8,15H,3,9-14H2,1-2H3,(H2,18,19,20). The van der Waals surface area contributed by atoms with Crippen molar-refractivity contribution < 1.29 is 4.74 Å². The van der Waals surface area contributed by atoms with Gasteiger partial charge >= 0.3 is 0 Å². The highest BCUT2D eigenvalue weighted by molar-refractivity contribution is 5.80. The van der Waals surface area contributed by atoms with Crippen LogP contribution in [-0.4, -0.2) is 56.8 Å². The van der Waals surface area contributed by atoms with E-state index >= 15 is 0 Å². The van der Waals surface area contributed by atoms with Crippen molar-refractivity contribution in [3.8, 4) is 0 Å². The Hall–Kier alpha value is -1.59. The molecule has 122 valence electrons. The first-order chi connectivity index (χ1) is 10.8. The van der Waals surface area contributed by atoms with E-state index in [2.05, 4.69) is 58.6 Å². The number of aliphatic imine (C=N–C) groups is 1. The molecule has 1 aromatic carbocycles. The first kappa shape index (κ1) is 16.8. The van der Waals surface area contributed by atoms with E-state index in [0.717, 1.165) is 51.9 Å². The highest BCUT2D eigenvalue weighted by atomic mass is 16.5. The number of guanidine groups is 1. The molecule has 2 N–H and O–H groups in total. The van der Waals surface area contributed by atoms with E-state index in [9.17, 15) is 0 Å². The molecule has 1 heterocycles. The van der Waals surface area contributed by atoms with E-state index in [-0.39, 0.29) is 6.04 Å². The Morgan fingerprint density at radius 2 is 2.00 bits per heavy atom. The Morgan fingerprint density at radius 1 is 1.27 bits per heavy atom. The minimum absolute atomic E-state index is 0.238. The maximum Gasteiger partial charge on any atom is 0.191 e. The summed E-state index contributed by atoms with van der Waals surface area (Å²) in [6.45, 7) is 10.6. The molecule has 1 aliphatic rings. The molecule has 1 saturated heterocycles. The second-order valence-electron chi connectivity index (χ2n) is 5.49. The maximum atomic E-state index is 5.37. The van der Waals surface area contributed by atoms with E-state index < -0.39 is 0 Å². The second-order valence-corrected chi connectivity index (χ2v) is 5.49. The zero-order valence-electron chi connectivity index (χ0n) is 13.7. The Kier molecular flexibility index (Phi) is 7.19. The van der Waals surface area contributed by atoms with Gasteiger partial charge in [0.15, 0.2) is 5.96 Å². The SMILES string of the molecule is CCNC(=NCCN1CCOCC1)NC(C)c1ccccc1. The lowest BCUT2D eigenvalue weighted by molar-refractivity contribution is 0.0394. The van der Waals surface area contributed by atoms with Gasteiger partial charge in [-0.15, -0.1) is 0 Å². The van der Waals surface area contributed by atoms with Crippen molar-refractivity contribution in [2.75, 3.05) is 45.9 Å². The summed E-state index contributed by atoms with van der Waals surface area (Å²) in [5.41, 5.74) is 1.27. The fourth-order valence-electron chi connectivity index (χ4n) is 2.48. The van der Waals surface area contributed by atoms with E-state index in [4.69, 9.17) is 4.74 Å². The van der Waals surface area contributed by atoms with Crippen LogP contribution in [0, 0.1) is 0 Å². The van der Waals surface area contributed by atoms with Crippen LogP contribution in [-0.2, 0) is 4.74 Å². The predicted octanol–water partition coefficient (Wildman–Crippen LogP) is 1.63. The molecule has 0 aliphatic carbocycles. The Bertz CT molecular complexity index is 443. The molecule has 0 radical (unpaired) electrons. The van der Waals surface area contributed by atoms with Crippen LogP contribution < -0.4 is 10.6 Å². The monoisotopic (exact) mass is 304 g/mol. The molecule has 1 aliphatic heterocycles. The van der Waals surface area contributed by atoms with Crippen LogP contribution in [0.3, 0.4) is 0 Å². The summed E-state index contributed by atoms with van der Waals surface area (Å²) in [6, 6.07) is 10.7. The van der Waals surface area contributed by atoms with Gasteiger partial charge in [0.25, 0.3) is 0 Å². The molecule has 2 rings (SSSR count). The van der Waals surface area contributed by atoms with Crippen LogP contribution >= 0.6 is 0 Å². The summed E-state index contributed by atoms with van der Waals surface area (Å²) in [6.07, 6.45) is 0. The Morgan fingerprint density at radius 3 is 2.68 bits per heavy atom. The third-order valence-electron chi connectivity index (χ3n) is 3.79. The van der Waals surface area contributed by atoms with E-state index in [0.29, 0.717) is 0 Å². The molecular formula is C17H28N4O. The molecule has 0 spiro atoms. The van der Waals surface area contributed by atoms with Crippen molar-refractivity contribution in [1.29, 1.82) is 0 Å². The smallest absolute Gasteiger partial charge is 0.191 e. The molecule has 1 atom stereocenters. The molecule has 0 amide bonds. The number of ether oxygens (including phenoxy) is 1. The summed E-state index contributed by atoms with van der Waals surface area (Å²) in [5, 5.41) is 6.78. The number of hydrogen-bond acceptors (Lipinski definition) is 3. The first-order valence-electron chi connectivity index (χ1n) is 8.19. The van der Waals surface area contributed by atoms with Crippen LogP contribution in [0.2, 0.25) is 0 Å². The number of hydrogen-bond donors (Lipinski definition) is 2. The minimum Gasteiger partial charge on any atom is -0.379 e. The molecule has 1 unspecified atom stereocenters. The first-order valence-corrected chi connectivity index (χ1v) is 8.19. The van der Waals surface area contributed by atoms with Gasteiger partial charge in [-0.2, -0.15) is 0 Å². The quantitative estimate of drug-likeness (QED) is 0.619. The van der Waals surface area contributed by atoms with Gasteiger partial charge in [-0.1, -0.05) is 30.3 Å². The van der Waals surface area contributed by atoms with Crippen LogP contribution in [0.1, 0.15) is 25.5 Å². The van der Waals surface area contributed by atoms with Crippen LogP contribution in [0.15, 0.2) is 35.3 Å².